The largest absolute Gasteiger partial charge is 0.487 e. The van der Waals surface area contributed by atoms with E-state index in [2.05, 4.69) is 34.6 Å². The minimum atomic E-state index is -4.97. The van der Waals surface area contributed by atoms with Gasteiger partial charge in [-0.25, -0.2) is 4.57 Å². The molecule has 1 aromatic rings. The molecule has 0 spiro atoms. The first-order chi connectivity index (χ1) is 17.2. The standard InChI is InChI=1S/C27H51NO7P2/c1-22(2)10-6-11-23(3)12-7-13-24(4)14-8-15-25(5)17-19-35-26-16-9-18-28(20-26)21-27(36(29,30)31)37(32,33)34/h9,16,18,20,22-25,27H,6-8,10-15,17,19,21H2,1-5H3,(H3-,29,30,31,32,33,34)/p+1. The number of pyridine rings is 1. The molecule has 0 aliphatic rings. The average molecular weight is 565 g/mol. The molecule has 3 atom stereocenters. The molecule has 0 aliphatic carbocycles. The molecule has 0 aliphatic heterocycles. The molecular formula is C27H52NO7P2+. The van der Waals surface area contributed by atoms with E-state index in [-0.39, 0.29) is 0 Å². The Morgan fingerprint density at radius 2 is 1.22 bits per heavy atom. The maximum absolute atomic E-state index is 11.5. The molecule has 8 nitrogen and oxygen atoms in total. The van der Waals surface area contributed by atoms with Gasteiger partial charge in [-0.05, 0) is 36.2 Å². The molecule has 1 heterocycles. The molecular weight excluding hydrogens is 512 g/mol. The van der Waals surface area contributed by atoms with Gasteiger partial charge < -0.3 is 24.3 Å². The Morgan fingerprint density at radius 1 is 0.757 bits per heavy atom. The van der Waals surface area contributed by atoms with Crippen molar-refractivity contribution in [2.24, 2.45) is 23.7 Å². The first-order valence-corrected chi connectivity index (χ1v) is 17.3. The summed E-state index contributed by atoms with van der Waals surface area (Å²) in [6, 6.07) is 3.35. The van der Waals surface area contributed by atoms with Gasteiger partial charge in [-0.1, -0.05) is 92.4 Å². The molecule has 10 heteroatoms. The molecule has 0 amide bonds. The van der Waals surface area contributed by atoms with Crippen LogP contribution in [0.2, 0.25) is 0 Å². The van der Waals surface area contributed by atoms with Gasteiger partial charge in [0.05, 0.1) is 6.61 Å². The zero-order valence-corrected chi connectivity index (χ0v) is 25.3. The van der Waals surface area contributed by atoms with Crippen LogP contribution in [-0.4, -0.2) is 31.6 Å². The normalized spacial score (nSPS) is 15.2. The topological polar surface area (TPSA) is 128 Å². The fourth-order valence-corrected chi connectivity index (χ4v) is 6.98. The minimum Gasteiger partial charge on any atom is -0.487 e. The fraction of sp³-hybridized carbons (Fsp3) is 0.815. The Labute approximate surface area is 224 Å². The summed E-state index contributed by atoms with van der Waals surface area (Å²) in [5, 5.41) is -2.08. The Kier molecular flexibility index (Phi) is 15.8. The first kappa shape index (κ1) is 34.3. The van der Waals surface area contributed by atoms with Crippen molar-refractivity contribution in [1.82, 2.24) is 0 Å². The molecule has 0 aromatic carbocycles. The molecule has 0 saturated carbocycles. The van der Waals surface area contributed by atoms with Crippen LogP contribution in [0.1, 0.15) is 98.8 Å². The number of hydrogen-bond acceptors (Lipinski definition) is 3. The maximum atomic E-state index is 11.5. The van der Waals surface area contributed by atoms with Gasteiger partial charge in [0.2, 0.25) is 11.6 Å². The lowest BCUT2D eigenvalue weighted by Crippen LogP contribution is -2.39. The summed E-state index contributed by atoms with van der Waals surface area (Å²) in [4.78, 5) is 37.3. The van der Waals surface area contributed by atoms with Crippen LogP contribution in [-0.2, 0) is 15.7 Å². The van der Waals surface area contributed by atoms with Gasteiger partial charge in [0.25, 0.3) is 0 Å². The van der Waals surface area contributed by atoms with Crippen molar-refractivity contribution in [1.29, 1.82) is 0 Å². The molecule has 1 aromatic heterocycles. The summed E-state index contributed by atoms with van der Waals surface area (Å²) in [6.45, 7) is 11.6. The molecule has 0 radical (unpaired) electrons. The summed E-state index contributed by atoms with van der Waals surface area (Å²) >= 11 is 0. The van der Waals surface area contributed by atoms with Gasteiger partial charge in [0.1, 0.15) is 0 Å². The molecule has 0 fully saturated rings. The molecule has 37 heavy (non-hydrogen) atoms. The van der Waals surface area contributed by atoms with E-state index in [1.54, 1.807) is 12.1 Å². The fourth-order valence-electron chi connectivity index (χ4n) is 4.61. The second kappa shape index (κ2) is 17.0. The quantitative estimate of drug-likeness (QED) is 0.105. The number of aromatic nitrogens is 1. The van der Waals surface area contributed by atoms with Gasteiger partial charge in [-0.3, -0.25) is 9.13 Å². The van der Waals surface area contributed by atoms with Crippen LogP contribution in [0.4, 0.5) is 0 Å². The van der Waals surface area contributed by atoms with Crippen LogP contribution in [0.25, 0.3) is 0 Å². The molecule has 3 unspecified atom stereocenters. The van der Waals surface area contributed by atoms with E-state index in [1.165, 1.54) is 68.3 Å². The lowest BCUT2D eigenvalue weighted by atomic mass is 9.91. The van der Waals surface area contributed by atoms with E-state index < -0.39 is 27.1 Å². The van der Waals surface area contributed by atoms with Gasteiger partial charge in [-0.15, -0.1) is 0 Å². The van der Waals surface area contributed by atoms with Gasteiger partial charge in [0.15, 0.2) is 18.5 Å². The molecule has 4 N–H and O–H groups in total. The zero-order valence-electron chi connectivity index (χ0n) is 23.5. The third-order valence-electron chi connectivity index (χ3n) is 7.13. The monoisotopic (exact) mass is 564 g/mol. The van der Waals surface area contributed by atoms with Crippen LogP contribution < -0.4 is 9.30 Å². The van der Waals surface area contributed by atoms with Gasteiger partial charge >= 0.3 is 15.2 Å². The third-order valence-corrected chi connectivity index (χ3v) is 10.8. The van der Waals surface area contributed by atoms with Crippen molar-refractivity contribution < 1.29 is 38.0 Å². The van der Waals surface area contributed by atoms with E-state index >= 15 is 0 Å². The Bertz CT molecular complexity index is 833. The summed E-state index contributed by atoms with van der Waals surface area (Å²) < 4.78 is 30.2. The second-order valence-electron chi connectivity index (χ2n) is 11.5. The smallest absolute Gasteiger partial charge is 0.347 e. The van der Waals surface area contributed by atoms with E-state index in [0.717, 1.165) is 30.6 Å². The predicted molar refractivity (Wildman–Crippen MR) is 149 cm³/mol. The van der Waals surface area contributed by atoms with Crippen LogP contribution in [0.5, 0.6) is 5.75 Å². The predicted octanol–water partition coefficient (Wildman–Crippen LogP) is 6.50. The minimum absolute atomic E-state index is 0.497. The average Bonchev–Trinajstić information content (AvgIpc) is 2.76. The first-order valence-electron chi connectivity index (χ1n) is 13.9. The summed E-state index contributed by atoms with van der Waals surface area (Å²) in [5.41, 5.74) is 0. The van der Waals surface area contributed by atoms with E-state index in [1.807, 2.05) is 0 Å². The van der Waals surface area contributed by atoms with Crippen molar-refractivity contribution in [3.63, 3.8) is 0 Å². The van der Waals surface area contributed by atoms with Crippen molar-refractivity contribution >= 4 is 15.2 Å². The number of rotatable bonds is 20. The maximum Gasteiger partial charge on any atom is 0.347 e. The highest BCUT2D eigenvalue weighted by atomic mass is 31.2. The van der Waals surface area contributed by atoms with E-state index in [9.17, 15) is 28.7 Å². The van der Waals surface area contributed by atoms with Crippen LogP contribution in [0, 0.1) is 23.7 Å². The summed E-state index contributed by atoms with van der Waals surface area (Å²) in [6.07, 6.45) is 15.6. The summed E-state index contributed by atoms with van der Waals surface area (Å²) in [5.74, 6) is 3.43. The lowest BCUT2D eigenvalue weighted by Gasteiger charge is -2.17. The van der Waals surface area contributed by atoms with Crippen molar-refractivity contribution in [2.45, 2.75) is 111 Å². The number of hydrogen-bond donors (Lipinski definition) is 4. The van der Waals surface area contributed by atoms with E-state index in [4.69, 9.17) is 4.74 Å². The highest BCUT2D eigenvalue weighted by Gasteiger charge is 2.46. The van der Waals surface area contributed by atoms with Crippen molar-refractivity contribution in [3.8, 4) is 5.75 Å². The van der Waals surface area contributed by atoms with Crippen molar-refractivity contribution in [3.05, 3.63) is 24.5 Å². The Morgan fingerprint density at radius 3 is 1.68 bits per heavy atom. The van der Waals surface area contributed by atoms with Crippen LogP contribution >= 0.6 is 15.2 Å². The highest BCUT2D eigenvalue weighted by molar-refractivity contribution is 7.70. The highest BCUT2D eigenvalue weighted by Crippen LogP contribution is 2.59. The van der Waals surface area contributed by atoms with Crippen LogP contribution in [0.15, 0.2) is 24.5 Å². The lowest BCUT2D eigenvalue weighted by molar-refractivity contribution is -0.694. The second-order valence-corrected chi connectivity index (χ2v) is 15.5. The SMILES string of the molecule is CC(C)CCCC(C)CCCC(C)CCCC(C)CCOc1ccc[n+](CC(P(=O)(O)O)P(=O)(O)O)c1. The third kappa shape index (κ3) is 16.1. The van der Waals surface area contributed by atoms with Gasteiger partial charge in [0, 0.05) is 6.07 Å². The molecule has 0 bridgehead atoms. The molecule has 0 saturated heterocycles. The summed E-state index contributed by atoms with van der Waals surface area (Å²) in [7, 11) is -9.95. The van der Waals surface area contributed by atoms with Crippen LogP contribution in [0.3, 0.4) is 0 Å². The number of nitrogens with zero attached hydrogens (tertiary/aromatic N) is 1. The van der Waals surface area contributed by atoms with Gasteiger partial charge in [-0.2, -0.15) is 0 Å². The molecule has 1 rings (SSSR count). The van der Waals surface area contributed by atoms with E-state index in [0.29, 0.717) is 18.3 Å². The van der Waals surface area contributed by atoms with Crippen molar-refractivity contribution in [2.75, 3.05) is 6.61 Å². The molecule has 216 valence electrons. The number of ether oxygens (including phenoxy) is 1. The Hall–Kier alpha value is -0.750. The Balaban J connectivity index is 2.29. The zero-order chi connectivity index (χ0) is 28.1.